The smallest absolute Gasteiger partial charge is 0.272 e. The second-order valence-corrected chi connectivity index (χ2v) is 4.25. The van der Waals surface area contributed by atoms with Crippen molar-refractivity contribution >= 4 is 5.91 Å². The first-order chi connectivity index (χ1) is 9.10. The first kappa shape index (κ1) is 13.2. The third kappa shape index (κ3) is 3.14. The summed E-state index contributed by atoms with van der Waals surface area (Å²) >= 11 is 0. The van der Waals surface area contributed by atoms with Gasteiger partial charge >= 0.3 is 0 Å². The Morgan fingerprint density at radius 3 is 2.79 bits per heavy atom. The second-order valence-electron chi connectivity index (χ2n) is 4.25. The van der Waals surface area contributed by atoms with E-state index in [2.05, 4.69) is 20.2 Å². The maximum absolute atomic E-state index is 12.1. The number of H-pyrrole nitrogens is 1. The van der Waals surface area contributed by atoms with Crippen molar-refractivity contribution in [1.82, 2.24) is 25.1 Å². The zero-order valence-corrected chi connectivity index (χ0v) is 10.9. The fourth-order valence-electron chi connectivity index (χ4n) is 1.61. The Labute approximate surface area is 110 Å². The number of hydrogen-bond donors (Lipinski definition) is 2. The van der Waals surface area contributed by atoms with Crippen LogP contribution in [0, 0.1) is 6.92 Å². The van der Waals surface area contributed by atoms with Gasteiger partial charge in [-0.05, 0) is 18.6 Å². The van der Waals surface area contributed by atoms with Crippen LogP contribution in [0.15, 0.2) is 18.3 Å². The second kappa shape index (κ2) is 5.57. The average Bonchev–Trinajstić information content (AvgIpc) is 2.83. The fourth-order valence-corrected chi connectivity index (χ4v) is 1.61. The summed E-state index contributed by atoms with van der Waals surface area (Å²) in [5.41, 5.74) is 6.76. The van der Waals surface area contributed by atoms with Gasteiger partial charge in [0.15, 0.2) is 5.82 Å². The number of aromatic amines is 1. The molecule has 2 aromatic heterocycles. The number of carbonyl (C=O) groups is 1. The van der Waals surface area contributed by atoms with E-state index in [-0.39, 0.29) is 5.91 Å². The minimum atomic E-state index is -0.175. The number of carbonyl (C=O) groups excluding carboxylic acids is 1. The molecule has 1 amide bonds. The van der Waals surface area contributed by atoms with E-state index < -0.39 is 0 Å². The Morgan fingerprint density at radius 1 is 1.47 bits per heavy atom. The molecule has 100 valence electrons. The summed E-state index contributed by atoms with van der Waals surface area (Å²) in [5, 5.41) is 6.73. The van der Waals surface area contributed by atoms with Gasteiger partial charge in [-0.25, -0.2) is 4.98 Å². The van der Waals surface area contributed by atoms with Crippen molar-refractivity contribution in [3.05, 3.63) is 41.2 Å². The van der Waals surface area contributed by atoms with Gasteiger partial charge in [0, 0.05) is 19.8 Å². The molecule has 0 aliphatic heterocycles. The summed E-state index contributed by atoms with van der Waals surface area (Å²) < 4.78 is 0. The van der Waals surface area contributed by atoms with Gasteiger partial charge in [0.2, 0.25) is 0 Å². The summed E-state index contributed by atoms with van der Waals surface area (Å²) in [6, 6.07) is 3.47. The number of nitrogens with one attached hydrogen (secondary N) is 1. The number of pyridine rings is 1. The maximum atomic E-state index is 12.1. The first-order valence-electron chi connectivity index (χ1n) is 5.88. The van der Waals surface area contributed by atoms with Crippen LogP contribution in [0.3, 0.4) is 0 Å². The van der Waals surface area contributed by atoms with Crippen LogP contribution in [-0.4, -0.2) is 38.0 Å². The zero-order valence-electron chi connectivity index (χ0n) is 10.9. The van der Waals surface area contributed by atoms with Crippen molar-refractivity contribution in [2.24, 2.45) is 5.73 Å². The Balaban J connectivity index is 2.05. The quantitative estimate of drug-likeness (QED) is 0.820. The lowest BCUT2D eigenvalue weighted by atomic mass is 10.2. The lowest BCUT2D eigenvalue weighted by Gasteiger charge is -2.14. The fraction of sp³-hybridized carbons (Fsp3) is 0.333. The van der Waals surface area contributed by atoms with E-state index >= 15 is 0 Å². The van der Waals surface area contributed by atoms with Crippen LogP contribution in [-0.2, 0) is 13.1 Å². The van der Waals surface area contributed by atoms with Gasteiger partial charge in [0.25, 0.3) is 5.91 Å². The van der Waals surface area contributed by atoms with E-state index in [0.717, 1.165) is 11.4 Å². The molecule has 7 nitrogen and oxygen atoms in total. The number of aryl methyl sites for hydroxylation is 1. The zero-order chi connectivity index (χ0) is 13.8. The minimum Gasteiger partial charge on any atom is -0.333 e. The van der Waals surface area contributed by atoms with Crippen LogP contribution in [0.4, 0.5) is 0 Å². The molecule has 0 unspecified atom stereocenters. The van der Waals surface area contributed by atoms with Gasteiger partial charge in [0.05, 0.1) is 6.54 Å². The van der Waals surface area contributed by atoms with Crippen LogP contribution in [0.2, 0.25) is 0 Å². The van der Waals surface area contributed by atoms with Crippen molar-refractivity contribution in [2.75, 3.05) is 7.05 Å². The Bertz CT molecular complexity index is 562. The van der Waals surface area contributed by atoms with Gasteiger partial charge in [-0.2, -0.15) is 5.10 Å². The number of rotatable bonds is 4. The highest BCUT2D eigenvalue weighted by Crippen LogP contribution is 2.05. The van der Waals surface area contributed by atoms with Crippen molar-refractivity contribution in [2.45, 2.75) is 20.0 Å². The molecule has 0 saturated heterocycles. The van der Waals surface area contributed by atoms with E-state index in [9.17, 15) is 4.79 Å². The molecule has 0 aliphatic rings. The van der Waals surface area contributed by atoms with Crippen LogP contribution >= 0.6 is 0 Å². The largest absolute Gasteiger partial charge is 0.333 e. The Kier molecular flexibility index (Phi) is 3.86. The molecule has 2 rings (SSSR count). The van der Waals surface area contributed by atoms with Crippen LogP contribution in [0.25, 0.3) is 0 Å². The van der Waals surface area contributed by atoms with Crippen molar-refractivity contribution in [3.8, 4) is 0 Å². The maximum Gasteiger partial charge on any atom is 0.272 e. The predicted octanol–water partition coefficient (Wildman–Crippen LogP) is 0.239. The Morgan fingerprint density at radius 2 is 2.26 bits per heavy atom. The highest BCUT2D eigenvalue weighted by molar-refractivity contribution is 5.92. The van der Waals surface area contributed by atoms with E-state index in [0.29, 0.717) is 24.6 Å². The van der Waals surface area contributed by atoms with Gasteiger partial charge in [-0.15, -0.1) is 0 Å². The van der Waals surface area contributed by atoms with E-state index in [4.69, 9.17) is 5.73 Å². The monoisotopic (exact) mass is 260 g/mol. The van der Waals surface area contributed by atoms with Crippen LogP contribution in [0.1, 0.15) is 27.7 Å². The van der Waals surface area contributed by atoms with Crippen molar-refractivity contribution in [3.63, 3.8) is 0 Å². The normalized spacial score (nSPS) is 10.5. The summed E-state index contributed by atoms with van der Waals surface area (Å²) in [6.45, 7) is 2.56. The summed E-state index contributed by atoms with van der Waals surface area (Å²) in [7, 11) is 1.69. The summed E-state index contributed by atoms with van der Waals surface area (Å²) in [5.74, 6) is 1.12. The molecule has 0 bridgehead atoms. The summed E-state index contributed by atoms with van der Waals surface area (Å²) in [6.07, 6.45) is 1.61. The molecule has 0 aliphatic carbocycles. The standard InChI is InChI=1S/C12H16N6O/c1-8-15-11(17-16-8)7-18(2)12(19)10-4-3-9(5-13)6-14-10/h3-4,6H,5,7,13H2,1-2H3,(H,15,16,17). The van der Waals surface area contributed by atoms with E-state index in [1.807, 2.05) is 6.92 Å². The molecule has 0 saturated carbocycles. The molecular formula is C12H16N6O. The third-order valence-corrected chi connectivity index (χ3v) is 2.65. The molecular weight excluding hydrogens is 244 g/mol. The average molecular weight is 260 g/mol. The molecule has 7 heteroatoms. The van der Waals surface area contributed by atoms with Crippen LogP contribution in [0.5, 0.6) is 0 Å². The van der Waals surface area contributed by atoms with Crippen molar-refractivity contribution in [1.29, 1.82) is 0 Å². The van der Waals surface area contributed by atoms with Gasteiger partial charge in [0.1, 0.15) is 11.5 Å². The Hall–Kier alpha value is -2.28. The molecule has 0 spiro atoms. The highest BCUT2D eigenvalue weighted by Gasteiger charge is 2.15. The van der Waals surface area contributed by atoms with Crippen LogP contribution < -0.4 is 5.73 Å². The van der Waals surface area contributed by atoms with Gasteiger partial charge < -0.3 is 10.6 Å². The lowest BCUT2D eigenvalue weighted by molar-refractivity contribution is 0.0776. The predicted molar refractivity (Wildman–Crippen MR) is 69.0 cm³/mol. The number of aromatic nitrogens is 4. The topological polar surface area (TPSA) is 101 Å². The molecule has 0 radical (unpaired) electrons. The number of nitrogens with zero attached hydrogens (tertiary/aromatic N) is 4. The van der Waals surface area contributed by atoms with Gasteiger partial charge in [-0.1, -0.05) is 6.07 Å². The molecule has 3 N–H and O–H groups in total. The van der Waals surface area contributed by atoms with Gasteiger partial charge in [-0.3, -0.25) is 14.9 Å². The molecule has 0 atom stereocenters. The summed E-state index contributed by atoms with van der Waals surface area (Å²) in [4.78, 5) is 21.9. The minimum absolute atomic E-state index is 0.175. The molecule has 19 heavy (non-hydrogen) atoms. The van der Waals surface area contributed by atoms with E-state index in [1.54, 1.807) is 25.4 Å². The van der Waals surface area contributed by atoms with E-state index in [1.165, 1.54) is 4.90 Å². The lowest BCUT2D eigenvalue weighted by Crippen LogP contribution is -2.27. The first-order valence-corrected chi connectivity index (χ1v) is 5.88. The molecule has 0 aromatic carbocycles. The highest BCUT2D eigenvalue weighted by atomic mass is 16.2. The third-order valence-electron chi connectivity index (χ3n) is 2.65. The number of amides is 1. The van der Waals surface area contributed by atoms with Crippen molar-refractivity contribution < 1.29 is 4.79 Å². The number of hydrogen-bond acceptors (Lipinski definition) is 5. The molecule has 0 fully saturated rings. The molecule has 2 aromatic rings. The number of nitrogens with two attached hydrogens (primary N) is 1. The molecule has 2 heterocycles. The SMILES string of the molecule is Cc1nc(CN(C)C(=O)c2ccc(CN)cn2)n[nH]1.